The van der Waals surface area contributed by atoms with Gasteiger partial charge in [0.25, 0.3) is 0 Å². The fourth-order valence-electron chi connectivity index (χ4n) is 1.35. The Bertz CT molecular complexity index is 516. The highest BCUT2D eigenvalue weighted by Gasteiger charge is 2.16. The quantitative estimate of drug-likeness (QED) is 0.751. The molecule has 0 bridgehead atoms. The van der Waals surface area contributed by atoms with Crippen LogP contribution >= 0.6 is 11.6 Å². The van der Waals surface area contributed by atoms with Crippen LogP contribution < -0.4 is 4.72 Å². The maximum Gasteiger partial charge on any atom is 0.303 e. The standard InChI is InChI=1S/C11H14ClNO4S/c12-9-5-1-2-6-10(9)18(16,17)13-8-4-3-7-11(14)15/h1-2,5-6,13H,3-4,7-8H2,(H,14,15). The number of carboxylic acids is 1. The van der Waals surface area contributed by atoms with Gasteiger partial charge in [0.15, 0.2) is 0 Å². The highest BCUT2D eigenvalue weighted by Crippen LogP contribution is 2.19. The van der Waals surface area contributed by atoms with Crippen LogP contribution in [0.2, 0.25) is 5.02 Å². The number of nitrogens with one attached hydrogen (secondary N) is 1. The number of benzene rings is 1. The van der Waals surface area contributed by atoms with E-state index in [0.29, 0.717) is 12.8 Å². The zero-order valence-electron chi connectivity index (χ0n) is 9.60. The minimum atomic E-state index is -3.62. The van der Waals surface area contributed by atoms with Gasteiger partial charge in [-0.2, -0.15) is 0 Å². The Morgan fingerprint density at radius 3 is 2.56 bits per heavy atom. The largest absolute Gasteiger partial charge is 0.481 e. The van der Waals surface area contributed by atoms with Crippen LogP contribution in [0.15, 0.2) is 29.2 Å². The number of aliphatic carboxylic acids is 1. The highest BCUT2D eigenvalue weighted by molar-refractivity contribution is 7.89. The van der Waals surface area contributed by atoms with E-state index in [9.17, 15) is 13.2 Å². The molecule has 1 rings (SSSR count). The zero-order chi connectivity index (χ0) is 13.6. The molecule has 1 aromatic rings. The number of halogens is 1. The Hall–Kier alpha value is -1.11. The van der Waals surface area contributed by atoms with Crippen LogP contribution in [-0.4, -0.2) is 26.0 Å². The minimum absolute atomic E-state index is 0.0323. The van der Waals surface area contributed by atoms with Gasteiger partial charge in [0, 0.05) is 13.0 Å². The molecule has 0 spiro atoms. The first-order valence-electron chi connectivity index (χ1n) is 5.39. The van der Waals surface area contributed by atoms with E-state index < -0.39 is 16.0 Å². The molecular formula is C11H14ClNO4S. The van der Waals surface area contributed by atoms with Gasteiger partial charge in [0.2, 0.25) is 10.0 Å². The normalized spacial score (nSPS) is 11.4. The van der Waals surface area contributed by atoms with Crippen LogP contribution in [0.4, 0.5) is 0 Å². The second-order valence-electron chi connectivity index (χ2n) is 3.68. The molecule has 0 saturated heterocycles. The van der Waals surface area contributed by atoms with E-state index in [0.717, 1.165) is 0 Å². The number of hydrogen-bond donors (Lipinski definition) is 2. The fraction of sp³-hybridized carbons (Fsp3) is 0.364. The Kier molecular flexibility index (Phi) is 5.58. The molecule has 0 aromatic heterocycles. The first-order valence-corrected chi connectivity index (χ1v) is 7.25. The first-order chi connectivity index (χ1) is 8.43. The van der Waals surface area contributed by atoms with Crippen molar-refractivity contribution in [2.24, 2.45) is 0 Å². The average molecular weight is 292 g/mol. The summed E-state index contributed by atoms with van der Waals surface area (Å²) in [5.41, 5.74) is 0. The van der Waals surface area contributed by atoms with E-state index in [4.69, 9.17) is 16.7 Å². The summed E-state index contributed by atoms with van der Waals surface area (Å²) in [6.45, 7) is 0.195. The molecule has 2 N–H and O–H groups in total. The molecule has 18 heavy (non-hydrogen) atoms. The molecule has 7 heteroatoms. The van der Waals surface area contributed by atoms with Gasteiger partial charge in [-0.05, 0) is 25.0 Å². The van der Waals surface area contributed by atoms with Gasteiger partial charge in [-0.1, -0.05) is 23.7 Å². The molecule has 0 aliphatic heterocycles. The summed E-state index contributed by atoms with van der Waals surface area (Å²) >= 11 is 5.79. The van der Waals surface area contributed by atoms with Crippen molar-refractivity contribution in [1.29, 1.82) is 0 Å². The second-order valence-corrected chi connectivity index (χ2v) is 5.82. The highest BCUT2D eigenvalue weighted by atomic mass is 35.5. The summed E-state index contributed by atoms with van der Waals surface area (Å²) in [5, 5.41) is 8.59. The monoisotopic (exact) mass is 291 g/mol. The lowest BCUT2D eigenvalue weighted by molar-refractivity contribution is -0.137. The molecule has 5 nitrogen and oxygen atoms in total. The molecular weight excluding hydrogens is 278 g/mol. The van der Waals surface area contributed by atoms with Crippen molar-refractivity contribution >= 4 is 27.6 Å². The number of rotatable bonds is 7. The predicted molar refractivity (Wildman–Crippen MR) is 68.1 cm³/mol. The third kappa shape index (κ3) is 4.64. The second kappa shape index (κ2) is 6.72. The van der Waals surface area contributed by atoms with Gasteiger partial charge < -0.3 is 5.11 Å². The number of unbranched alkanes of at least 4 members (excludes halogenated alkanes) is 1. The van der Waals surface area contributed by atoms with E-state index >= 15 is 0 Å². The molecule has 0 heterocycles. The molecule has 100 valence electrons. The summed E-state index contributed by atoms with van der Waals surface area (Å²) < 4.78 is 26.1. The van der Waals surface area contributed by atoms with E-state index in [2.05, 4.69) is 4.72 Å². The lowest BCUT2D eigenvalue weighted by atomic mass is 10.2. The number of carboxylic acid groups (broad SMARTS) is 1. The van der Waals surface area contributed by atoms with Crippen LogP contribution in [0, 0.1) is 0 Å². The van der Waals surface area contributed by atoms with Gasteiger partial charge in [-0.15, -0.1) is 0 Å². The van der Waals surface area contributed by atoms with Crippen molar-refractivity contribution in [3.05, 3.63) is 29.3 Å². The maximum absolute atomic E-state index is 11.8. The van der Waals surface area contributed by atoms with E-state index in [1.807, 2.05) is 0 Å². The average Bonchev–Trinajstić information content (AvgIpc) is 2.28. The summed E-state index contributed by atoms with van der Waals surface area (Å²) in [6, 6.07) is 6.15. The van der Waals surface area contributed by atoms with E-state index in [1.54, 1.807) is 12.1 Å². The van der Waals surface area contributed by atoms with Crippen molar-refractivity contribution in [3.8, 4) is 0 Å². The van der Waals surface area contributed by atoms with Crippen LogP contribution in [0.1, 0.15) is 19.3 Å². The lowest BCUT2D eigenvalue weighted by Crippen LogP contribution is -2.25. The molecule has 0 aliphatic carbocycles. The Morgan fingerprint density at radius 1 is 1.28 bits per heavy atom. The van der Waals surface area contributed by atoms with Crippen molar-refractivity contribution in [2.45, 2.75) is 24.2 Å². The predicted octanol–water partition coefficient (Wildman–Crippen LogP) is 1.87. The van der Waals surface area contributed by atoms with Gasteiger partial charge in [-0.25, -0.2) is 13.1 Å². The maximum atomic E-state index is 11.8. The minimum Gasteiger partial charge on any atom is -0.481 e. The number of hydrogen-bond acceptors (Lipinski definition) is 3. The van der Waals surface area contributed by atoms with Crippen LogP contribution in [0.5, 0.6) is 0 Å². The lowest BCUT2D eigenvalue weighted by Gasteiger charge is -2.07. The van der Waals surface area contributed by atoms with Crippen molar-refractivity contribution in [3.63, 3.8) is 0 Å². The Labute approximate surface area is 111 Å². The molecule has 0 fully saturated rings. The molecule has 0 atom stereocenters. The summed E-state index contributed by atoms with van der Waals surface area (Å²) in [7, 11) is -3.62. The van der Waals surface area contributed by atoms with Crippen molar-refractivity contribution < 1.29 is 18.3 Å². The molecule has 0 unspecified atom stereocenters. The summed E-state index contributed by atoms with van der Waals surface area (Å²) in [5.74, 6) is -0.885. The Balaban J connectivity index is 2.51. The summed E-state index contributed by atoms with van der Waals surface area (Å²) in [6.07, 6.45) is 0.935. The van der Waals surface area contributed by atoms with Crippen LogP contribution in [-0.2, 0) is 14.8 Å². The van der Waals surface area contributed by atoms with Gasteiger partial charge in [0.1, 0.15) is 4.90 Å². The molecule has 1 aromatic carbocycles. The van der Waals surface area contributed by atoms with Gasteiger partial charge in [-0.3, -0.25) is 4.79 Å². The third-order valence-electron chi connectivity index (χ3n) is 2.24. The van der Waals surface area contributed by atoms with Crippen LogP contribution in [0.25, 0.3) is 0 Å². The van der Waals surface area contributed by atoms with Gasteiger partial charge >= 0.3 is 5.97 Å². The Morgan fingerprint density at radius 2 is 1.94 bits per heavy atom. The summed E-state index contributed by atoms with van der Waals surface area (Å²) in [4.78, 5) is 10.3. The fourth-order valence-corrected chi connectivity index (χ4v) is 2.94. The van der Waals surface area contributed by atoms with E-state index in [1.165, 1.54) is 12.1 Å². The van der Waals surface area contributed by atoms with Crippen molar-refractivity contribution in [2.75, 3.05) is 6.54 Å². The van der Waals surface area contributed by atoms with Crippen molar-refractivity contribution in [1.82, 2.24) is 4.72 Å². The van der Waals surface area contributed by atoms with Gasteiger partial charge in [0.05, 0.1) is 5.02 Å². The molecule has 0 radical (unpaired) electrons. The van der Waals surface area contributed by atoms with E-state index in [-0.39, 0.29) is 22.9 Å². The SMILES string of the molecule is O=C(O)CCCCNS(=O)(=O)c1ccccc1Cl. The smallest absolute Gasteiger partial charge is 0.303 e. The topological polar surface area (TPSA) is 83.5 Å². The molecule has 0 aliphatic rings. The third-order valence-corrected chi connectivity index (χ3v) is 4.20. The molecule has 0 amide bonds. The first kappa shape index (κ1) is 14.9. The molecule has 0 saturated carbocycles. The van der Waals surface area contributed by atoms with Crippen LogP contribution in [0.3, 0.4) is 0 Å². The number of sulfonamides is 1. The number of carbonyl (C=O) groups is 1. The zero-order valence-corrected chi connectivity index (χ0v) is 11.2.